The van der Waals surface area contributed by atoms with Crippen LogP contribution in [0.3, 0.4) is 0 Å². The molecule has 1 aliphatic heterocycles. The number of fused-ring (bicyclic) bond motifs is 2. The third kappa shape index (κ3) is 3.68. The Morgan fingerprint density at radius 2 is 2.00 bits per heavy atom. The van der Waals surface area contributed by atoms with Crippen LogP contribution in [0.4, 0.5) is 10.2 Å². The summed E-state index contributed by atoms with van der Waals surface area (Å²) < 4.78 is 22.2. The van der Waals surface area contributed by atoms with Gasteiger partial charge in [0.2, 0.25) is 0 Å². The lowest BCUT2D eigenvalue weighted by Gasteiger charge is -2.28. The predicted molar refractivity (Wildman–Crippen MR) is 117 cm³/mol. The zero-order valence-corrected chi connectivity index (χ0v) is 18.3. The molecule has 10 heteroatoms. The van der Waals surface area contributed by atoms with Crippen molar-refractivity contribution in [2.24, 2.45) is 0 Å². The summed E-state index contributed by atoms with van der Waals surface area (Å²) in [7, 11) is 0. The molecule has 0 unspecified atom stereocenters. The highest BCUT2D eigenvalue weighted by Crippen LogP contribution is 2.32. The minimum absolute atomic E-state index is 0.0841. The van der Waals surface area contributed by atoms with E-state index in [1.807, 2.05) is 6.92 Å². The predicted octanol–water partition coefficient (Wildman–Crippen LogP) is 2.79. The lowest BCUT2D eigenvalue weighted by molar-refractivity contribution is -0.121. The number of carbonyl (C=O) groups excluding carboxylic acids is 1. The summed E-state index contributed by atoms with van der Waals surface area (Å²) in [4.78, 5) is 31.3. The van der Waals surface area contributed by atoms with Crippen LogP contribution >= 0.6 is 0 Å². The van der Waals surface area contributed by atoms with Gasteiger partial charge < -0.3 is 14.2 Å². The number of halogens is 1. The summed E-state index contributed by atoms with van der Waals surface area (Å²) >= 11 is 0. The molecule has 0 radical (unpaired) electrons. The maximum atomic E-state index is 14.9. The largest absolute Gasteiger partial charge is 0.480 e. The molecular weight excluding hydrogens is 427 g/mol. The number of ether oxygens (including phenoxy) is 1. The van der Waals surface area contributed by atoms with E-state index >= 15 is 0 Å². The fraction of sp³-hybridized carbons (Fsp3) is 0.261. The Morgan fingerprint density at radius 3 is 2.73 bits per heavy atom. The summed E-state index contributed by atoms with van der Waals surface area (Å²) in [6.45, 7) is 5.08. The van der Waals surface area contributed by atoms with E-state index in [4.69, 9.17) is 4.74 Å². The first kappa shape index (κ1) is 21.0. The number of aryl methyl sites for hydroxylation is 1. The lowest BCUT2D eigenvalue weighted by atomic mass is 10.1. The summed E-state index contributed by atoms with van der Waals surface area (Å²) in [5.41, 5.74) is 1.32. The number of carbonyl (C=O) groups is 1. The second-order valence-corrected chi connectivity index (χ2v) is 8.36. The van der Waals surface area contributed by atoms with Crippen LogP contribution in [-0.2, 0) is 16.9 Å². The van der Waals surface area contributed by atoms with E-state index < -0.39 is 11.4 Å². The van der Waals surface area contributed by atoms with E-state index in [9.17, 15) is 14.3 Å². The van der Waals surface area contributed by atoms with Crippen molar-refractivity contribution in [3.8, 4) is 16.9 Å². The summed E-state index contributed by atoms with van der Waals surface area (Å²) in [6, 6.07) is 4.84. The fourth-order valence-corrected chi connectivity index (χ4v) is 3.76. The van der Waals surface area contributed by atoms with Crippen LogP contribution in [0.1, 0.15) is 31.1 Å². The molecule has 9 nitrogen and oxygen atoms in total. The summed E-state index contributed by atoms with van der Waals surface area (Å²) in [5.74, 6) is 0.492. The Labute approximate surface area is 188 Å². The molecule has 0 aliphatic carbocycles. The number of nitrogens with zero attached hydrogens (tertiary/aromatic N) is 6. The molecule has 0 aromatic carbocycles. The fourth-order valence-electron chi connectivity index (χ4n) is 3.76. The van der Waals surface area contributed by atoms with E-state index in [0.29, 0.717) is 34.2 Å². The normalized spacial score (nSPS) is 13.8. The van der Waals surface area contributed by atoms with Gasteiger partial charge in [-0.1, -0.05) is 0 Å². The summed E-state index contributed by atoms with van der Waals surface area (Å²) in [5, 5.41) is 10.1. The average Bonchev–Trinajstić information content (AvgIpc) is 3.08. The highest BCUT2D eigenvalue weighted by atomic mass is 19.1. The van der Waals surface area contributed by atoms with Crippen LogP contribution in [0, 0.1) is 12.7 Å². The van der Waals surface area contributed by atoms with Crippen molar-refractivity contribution >= 4 is 17.4 Å². The van der Waals surface area contributed by atoms with Gasteiger partial charge in [0.25, 0.3) is 5.91 Å². The van der Waals surface area contributed by atoms with Gasteiger partial charge in [0.05, 0.1) is 17.9 Å². The van der Waals surface area contributed by atoms with Gasteiger partial charge in [0, 0.05) is 42.0 Å². The molecule has 1 amide bonds. The Bertz CT molecular complexity index is 1380. The molecule has 5 heterocycles. The standard InChI is InChI=1S/C23H21FN6O3/c1-13-17(11-30-20(31)12-33-18-5-4-6-25-21(18)30)29-10-15(16(24)7-19(29)28-13)14-8-26-22(27-9-14)23(2,3)32/h4-10,32H,11-12H2,1-3H3. The van der Waals surface area contributed by atoms with Gasteiger partial charge in [0.15, 0.2) is 24.0 Å². The smallest absolute Gasteiger partial charge is 0.266 e. The number of aliphatic hydroxyl groups is 1. The maximum absolute atomic E-state index is 14.9. The first-order valence-corrected chi connectivity index (χ1v) is 10.3. The van der Waals surface area contributed by atoms with E-state index in [1.165, 1.54) is 18.5 Å². The third-order valence-corrected chi connectivity index (χ3v) is 5.49. The number of anilines is 1. The molecule has 0 atom stereocenters. The SMILES string of the molecule is Cc1nc2cc(F)c(-c3cnc(C(C)(C)O)nc3)cn2c1CN1C(=O)COc2cccnc21. The van der Waals surface area contributed by atoms with Crippen LogP contribution in [0.2, 0.25) is 0 Å². The average molecular weight is 448 g/mol. The van der Waals surface area contributed by atoms with Gasteiger partial charge >= 0.3 is 0 Å². The topological polar surface area (TPSA) is 106 Å². The Kier molecular flexibility index (Phi) is 4.82. The second kappa shape index (κ2) is 7.59. The van der Waals surface area contributed by atoms with E-state index in [2.05, 4.69) is 19.9 Å². The minimum Gasteiger partial charge on any atom is -0.480 e. The second-order valence-electron chi connectivity index (χ2n) is 8.36. The number of hydrogen-bond acceptors (Lipinski definition) is 7. The zero-order valence-electron chi connectivity index (χ0n) is 18.3. The van der Waals surface area contributed by atoms with Crippen molar-refractivity contribution in [2.75, 3.05) is 11.5 Å². The van der Waals surface area contributed by atoms with Crippen molar-refractivity contribution in [3.05, 3.63) is 66.0 Å². The van der Waals surface area contributed by atoms with Crippen molar-refractivity contribution in [2.45, 2.75) is 32.9 Å². The maximum Gasteiger partial charge on any atom is 0.266 e. The molecule has 1 aliphatic rings. The molecular formula is C23H21FN6O3. The number of amides is 1. The number of imidazole rings is 1. The molecule has 0 bridgehead atoms. The minimum atomic E-state index is -1.20. The van der Waals surface area contributed by atoms with Crippen molar-refractivity contribution in [1.29, 1.82) is 0 Å². The third-order valence-electron chi connectivity index (χ3n) is 5.49. The Hall–Kier alpha value is -3.92. The molecule has 5 rings (SSSR count). The number of hydrogen-bond donors (Lipinski definition) is 1. The van der Waals surface area contributed by atoms with Gasteiger partial charge in [-0.15, -0.1) is 0 Å². The lowest BCUT2D eigenvalue weighted by Crippen LogP contribution is -2.39. The van der Waals surface area contributed by atoms with Crippen LogP contribution in [0.15, 0.2) is 43.0 Å². The highest BCUT2D eigenvalue weighted by Gasteiger charge is 2.28. The molecule has 4 aromatic rings. The van der Waals surface area contributed by atoms with Crippen molar-refractivity contribution < 1.29 is 19.0 Å². The highest BCUT2D eigenvalue weighted by molar-refractivity contribution is 5.96. The van der Waals surface area contributed by atoms with Gasteiger partial charge in [-0.25, -0.2) is 24.3 Å². The quantitative estimate of drug-likeness (QED) is 0.512. The first-order valence-electron chi connectivity index (χ1n) is 10.3. The van der Waals surface area contributed by atoms with Gasteiger partial charge in [0.1, 0.15) is 17.1 Å². The molecule has 33 heavy (non-hydrogen) atoms. The monoisotopic (exact) mass is 448 g/mol. The first-order chi connectivity index (χ1) is 15.7. The number of rotatable bonds is 4. The van der Waals surface area contributed by atoms with Gasteiger partial charge in [-0.3, -0.25) is 9.69 Å². The van der Waals surface area contributed by atoms with Crippen molar-refractivity contribution in [3.63, 3.8) is 0 Å². The van der Waals surface area contributed by atoms with E-state index in [-0.39, 0.29) is 30.4 Å². The molecule has 168 valence electrons. The van der Waals surface area contributed by atoms with Crippen LogP contribution < -0.4 is 9.64 Å². The number of pyridine rings is 2. The van der Waals surface area contributed by atoms with Gasteiger partial charge in [-0.05, 0) is 32.9 Å². The Morgan fingerprint density at radius 1 is 1.24 bits per heavy atom. The van der Waals surface area contributed by atoms with Crippen LogP contribution in [0.5, 0.6) is 5.75 Å². The number of aromatic nitrogens is 5. The molecule has 0 saturated heterocycles. The zero-order chi connectivity index (χ0) is 23.3. The molecule has 4 aromatic heterocycles. The van der Waals surface area contributed by atoms with Crippen molar-refractivity contribution in [1.82, 2.24) is 24.3 Å². The summed E-state index contributed by atoms with van der Waals surface area (Å²) in [6.07, 6.45) is 6.16. The molecule has 0 spiro atoms. The van der Waals surface area contributed by atoms with E-state index in [1.54, 1.807) is 47.7 Å². The van der Waals surface area contributed by atoms with E-state index in [0.717, 1.165) is 0 Å². The Balaban J connectivity index is 1.57. The molecule has 0 fully saturated rings. The van der Waals surface area contributed by atoms with Gasteiger partial charge in [-0.2, -0.15) is 0 Å². The molecule has 0 saturated carbocycles. The van der Waals surface area contributed by atoms with Crippen LogP contribution in [0.25, 0.3) is 16.8 Å². The van der Waals surface area contributed by atoms with Crippen LogP contribution in [-0.4, -0.2) is 42.0 Å². The molecule has 1 N–H and O–H groups in total.